The van der Waals surface area contributed by atoms with Crippen LogP contribution in [0.1, 0.15) is 0 Å². The average Bonchev–Trinajstić information content (AvgIpc) is 2.42. The molecule has 0 radical (unpaired) electrons. The lowest BCUT2D eigenvalue weighted by Crippen LogP contribution is -2.27. The molecule has 0 aromatic heterocycles. The Balaban J connectivity index is 2.19. The van der Waals surface area contributed by atoms with Gasteiger partial charge < -0.3 is 15.0 Å². The van der Waals surface area contributed by atoms with E-state index in [4.69, 9.17) is 16.3 Å². The van der Waals surface area contributed by atoms with Crippen molar-refractivity contribution in [1.29, 1.82) is 0 Å². The quantitative estimate of drug-likeness (QED) is 0.917. The molecular formula is C16H17ClN2O2. The van der Waals surface area contributed by atoms with Gasteiger partial charge in [-0.25, -0.2) is 0 Å². The van der Waals surface area contributed by atoms with Gasteiger partial charge in [0, 0.05) is 5.02 Å². The fourth-order valence-electron chi connectivity index (χ4n) is 1.78. The van der Waals surface area contributed by atoms with E-state index in [9.17, 15) is 4.79 Å². The van der Waals surface area contributed by atoms with Crippen molar-refractivity contribution in [1.82, 2.24) is 4.90 Å². The Labute approximate surface area is 129 Å². The summed E-state index contributed by atoms with van der Waals surface area (Å²) in [6.07, 6.45) is 0. The number of likely N-dealkylation sites (N-methyl/N-ethyl adjacent to an activating group) is 1. The van der Waals surface area contributed by atoms with E-state index >= 15 is 0 Å². The molecule has 21 heavy (non-hydrogen) atoms. The van der Waals surface area contributed by atoms with Gasteiger partial charge in [0.2, 0.25) is 5.91 Å². The summed E-state index contributed by atoms with van der Waals surface area (Å²) in [6, 6.07) is 14.5. The van der Waals surface area contributed by atoms with Crippen LogP contribution in [0.4, 0.5) is 5.69 Å². The number of para-hydroxylation sites is 1. The molecule has 0 aliphatic heterocycles. The zero-order valence-corrected chi connectivity index (χ0v) is 12.7. The molecule has 110 valence electrons. The second-order valence-corrected chi connectivity index (χ2v) is 5.28. The number of nitrogens with zero attached hydrogens (tertiary/aromatic N) is 1. The second kappa shape index (κ2) is 7.11. The van der Waals surface area contributed by atoms with Crippen molar-refractivity contribution in [2.75, 3.05) is 26.0 Å². The van der Waals surface area contributed by atoms with Gasteiger partial charge >= 0.3 is 0 Å². The molecule has 0 aliphatic rings. The van der Waals surface area contributed by atoms with Crippen LogP contribution in [0.2, 0.25) is 5.02 Å². The first-order valence-corrected chi connectivity index (χ1v) is 6.89. The summed E-state index contributed by atoms with van der Waals surface area (Å²) in [4.78, 5) is 13.7. The number of ether oxygens (including phenoxy) is 1. The minimum Gasteiger partial charge on any atom is -0.455 e. The number of nitrogens with one attached hydrogen (secondary N) is 1. The Morgan fingerprint density at radius 3 is 2.57 bits per heavy atom. The van der Waals surface area contributed by atoms with Gasteiger partial charge in [-0.2, -0.15) is 0 Å². The Morgan fingerprint density at radius 2 is 1.90 bits per heavy atom. The highest BCUT2D eigenvalue weighted by Gasteiger charge is 2.10. The number of carbonyl (C=O) groups is 1. The van der Waals surface area contributed by atoms with E-state index < -0.39 is 0 Å². The van der Waals surface area contributed by atoms with Crippen molar-refractivity contribution < 1.29 is 9.53 Å². The highest BCUT2D eigenvalue weighted by atomic mass is 35.5. The third-order valence-electron chi connectivity index (χ3n) is 2.65. The number of amides is 1. The predicted molar refractivity (Wildman–Crippen MR) is 85.2 cm³/mol. The van der Waals surface area contributed by atoms with Crippen molar-refractivity contribution in [2.24, 2.45) is 0 Å². The summed E-state index contributed by atoms with van der Waals surface area (Å²) in [5.74, 6) is 1.13. The van der Waals surface area contributed by atoms with Gasteiger partial charge in [-0.05, 0) is 44.4 Å². The van der Waals surface area contributed by atoms with E-state index in [0.29, 0.717) is 22.2 Å². The van der Waals surface area contributed by atoms with Crippen LogP contribution in [0.5, 0.6) is 11.5 Å². The maximum Gasteiger partial charge on any atom is 0.238 e. The van der Waals surface area contributed by atoms with E-state index in [1.54, 1.807) is 23.1 Å². The molecule has 0 fully saturated rings. The van der Waals surface area contributed by atoms with Gasteiger partial charge in [0.1, 0.15) is 5.75 Å². The van der Waals surface area contributed by atoms with Crippen molar-refractivity contribution in [3.8, 4) is 11.5 Å². The molecule has 4 nitrogen and oxygen atoms in total. The van der Waals surface area contributed by atoms with Crippen LogP contribution < -0.4 is 10.1 Å². The molecular weight excluding hydrogens is 288 g/mol. The number of rotatable bonds is 5. The van der Waals surface area contributed by atoms with Crippen LogP contribution in [0.25, 0.3) is 0 Å². The Morgan fingerprint density at radius 1 is 1.19 bits per heavy atom. The molecule has 1 N–H and O–H groups in total. The third-order valence-corrected chi connectivity index (χ3v) is 2.88. The third kappa shape index (κ3) is 4.77. The molecule has 1 amide bonds. The predicted octanol–water partition coefficient (Wildman–Crippen LogP) is 3.63. The lowest BCUT2D eigenvalue weighted by molar-refractivity contribution is -0.116. The normalized spacial score (nSPS) is 10.5. The number of hydrogen-bond acceptors (Lipinski definition) is 3. The number of carbonyl (C=O) groups excluding carboxylic acids is 1. The summed E-state index contributed by atoms with van der Waals surface area (Å²) in [6.45, 7) is 0.289. The monoisotopic (exact) mass is 304 g/mol. The van der Waals surface area contributed by atoms with Crippen LogP contribution in [0.15, 0.2) is 48.5 Å². The average molecular weight is 305 g/mol. The summed E-state index contributed by atoms with van der Waals surface area (Å²) in [5.41, 5.74) is 0.554. The molecule has 0 aliphatic carbocycles. The minimum atomic E-state index is -0.125. The highest BCUT2D eigenvalue weighted by Crippen LogP contribution is 2.31. The zero-order chi connectivity index (χ0) is 15.2. The number of hydrogen-bond donors (Lipinski definition) is 1. The fraction of sp³-hybridized carbons (Fsp3) is 0.188. The lowest BCUT2D eigenvalue weighted by atomic mass is 10.2. The summed E-state index contributed by atoms with van der Waals surface area (Å²) < 4.78 is 5.78. The minimum absolute atomic E-state index is 0.125. The first kappa shape index (κ1) is 15.4. The number of benzene rings is 2. The van der Waals surface area contributed by atoms with E-state index in [-0.39, 0.29) is 12.5 Å². The van der Waals surface area contributed by atoms with Gasteiger partial charge in [0.15, 0.2) is 5.75 Å². The fourth-order valence-corrected chi connectivity index (χ4v) is 1.95. The first-order chi connectivity index (χ1) is 10.0. The molecule has 0 saturated carbocycles. The molecule has 0 spiro atoms. The van der Waals surface area contributed by atoms with E-state index in [2.05, 4.69) is 5.32 Å². The molecule has 0 heterocycles. The summed E-state index contributed by atoms with van der Waals surface area (Å²) in [7, 11) is 3.66. The highest BCUT2D eigenvalue weighted by molar-refractivity contribution is 6.31. The Kier molecular flexibility index (Phi) is 5.20. The molecule has 2 rings (SSSR count). The van der Waals surface area contributed by atoms with E-state index in [0.717, 1.165) is 0 Å². The standard InChI is InChI=1S/C16H17ClN2O2/c1-19(2)11-16(20)18-14-10-12(17)8-9-15(14)21-13-6-4-3-5-7-13/h3-10H,11H2,1-2H3,(H,18,20). The van der Waals surface area contributed by atoms with Crippen LogP contribution in [0.3, 0.4) is 0 Å². The first-order valence-electron chi connectivity index (χ1n) is 6.51. The second-order valence-electron chi connectivity index (χ2n) is 4.84. The summed E-state index contributed by atoms with van der Waals surface area (Å²) in [5, 5.41) is 3.35. The van der Waals surface area contributed by atoms with Crippen LogP contribution in [-0.2, 0) is 4.79 Å². The maximum atomic E-state index is 11.9. The van der Waals surface area contributed by atoms with Crippen molar-refractivity contribution in [2.45, 2.75) is 0 Å². The molecule has 2 aromatic rings. The Hall–Kier alpha value is -2.04. The van der Waals surface area contributed by atoms with Gasteiger partial charge in [0.05, 0.1) is 12.2 Å². The lowest BCUT2D eigenvalue weighted by Gasteiger charge is -2.14. The topological polar surface area (TPSA) is 41.6 Å². The van der Waals surface area contributed by atoms with Crippen LogP contribution in [0, 0.1) is 0 Å². The van der Waals surface area contributed by atoms with Crippen LogP contribution in [-0.4, -0.2) is 31.4 Å². The number of anilines is 1. The van der Waals surface area contributed by atoms with Gasteiger partial charge in [-0.3, -0.25) is 4.79 Å². The van der Waals surface area contributed by atoms with Crippen molar-refractivity contribution >= 4 is 23.2 Å². The molecule has 0 saturated heterocycles. The maximum absolute atomic E-state index is 11.9. The largest absolute Gasteiger partial charge is 0.455 e. The molecule has 0 unspecified atom stereocenters. The number of halogens is 1. The molecule has 0 atom stereocenters. The van der Waals surface area contributed by atoms with Crippen molar-refractivity contribution in [3.05, 3.63) is 53.6 Å². The molecule has 5 heteroatoms. The molecule has 0 bridgehead atoms. The molecule has 2 aromatic carbocycles. The Bertz CT molecular complexity index is 615. The van der Waals surface area contributed by atoms with E-state index in [1.807, 2.05) is 44.4 Å². The van der Waals surface area contributed by atoms with Gasteiger partial charge in [-0.1, -0.05) is 29.8 Å². The van der Waals surface area contributed by atoms with Gasteiger partial charge in [-0.15, -0.1) is 0 Å². The van der Waals surface area contributed by atoms with Crippen molar-refractivity contribution in [3.63, 3.8) is 0 Å². The van der Waals surface area contributed by atoms with Crippen LogP contribution >= 0.6 is 11.6 Å². The zero-order valence-electron chi connectivity index (χ0n) is 12.0. The smallest absolute Gasteiger partial charge is 0.238 e. The van der Waals surface area contributed by atoms with Gasteiger partial charge in [0.25, 0.3) is 0 Å². The van der Waals surface area contributed by atoms with E-state index in [1.165, 1.54) is 0 Å². The summed E-state index contributed by atoms with van der Waals surface area (Å²) >= 11 is 5.99. The SMILES string of the molecule is CN(C)CC(=O)Nc1cc(Cl)ccc1Oc1ccccc1.